The summed E-state index contributed by atoms with van der Waals surface area (Å²) >= 11 is 3.41. The molecule has 3 heteroatoms. The third kappa shape index (κ3) is 3.35. The number of amides is 1. The van der Waals surface area contributed by atoms with Crippen molar-refractivity contribution < 1.29 is 4.79 Å². The van der Waals surface area contributed by atoms with Crippen molar-refractivity contribution in [2.75, 3.05) is 0 Å². The topological polar surface area (TPSA) is 29.1 Å². The van der Waals surface area contributed by atoms with E-state index in [2.05, 4.69) is 28.2 Å². The summed E-state index contributed by atoms with van der Waals surface area (Å²) < 4.78 is 0. The minimum Gasteiger partial charge on any atom is -0.349 e. The van der Waals surface area contributed by atoms with E-state index < -0.39 is 0 Å². The van der Waals surface area contributed by atoms with Gasteiger partial charge in [0.25, 0.3) is 5.91 Å². The first-order valence-corrected chi connectivity index (χ1v) is 7.78. The van der Waals surface area contributed by atoms with Gasteiger partial charge in [0.1, 0.15) is 0 Å². The summed E-state index contributed by atoms with van der Waals surface area (Å²) in [5.41, 5.74) is 1.95. The van der Waals surface area contributed by atoms with Gasteiger partial charge in [0, 0.05) is 16.9 Å². The zero-order valence-corrected chi connectivity index (χ0v) is 12.4. The van der Waals surface area contributed by atoms with E-state index in [1.165, 1.54) is 24.8 Å². The lowest BCUT2D eigenvalue weighted by Gasteiger charge is -2.29. The van der Waals surface area contributed by atoms with Crippen LogP contribution in [0.25, 0.3) is 0 Å². The van der Waals surface area contributed by atoms with Crippen LogP contribution in [-0.4, -0.2) is 11.9 Å². The van der Waals surface area contributed by atoms with Crippen LogP contribution in [0.15, 0.2) is 24.3 Å². The first-order valence-electron chi connectivity index (χ1n) is 6.66. The highest BCUT2D eigenvalue weighted by Crippen LogP contribution is 2.24. The maximum absolute atomic E-state index is 12.1. The van der Waals surface area contributed by atoms with Crippen LogP contribution in [-0.2, 0) is 5.33 Å². The molecule has 1 aromatic carbocycles. The molecule has 1 aliphatic carbocycles. The molecule has 1 fully saturated rings. The fraction of sp³-hybridized carbons (Fsp3) is 0.533. The molecule has 2 unspecified atom stereocenters. The first-order chi connectivity index (χ1) is 8.70. The lowest BCUT2D eigenvalue weighted by molar-refractivity contribution is 0.0910. The average Bonchev–Trinajstić information content (AvgIpc) is 2.41. The van der Waals surface area contributed by atoms with Crippen molar-refractivity contribution in [2.24, 2.45) is 5.92 Å². The molecular weight excluding hydrogens is 290 g/mol. The van der Waals surface area contributed by atoms with E-state index in [1.54, 1.807) is 0 Å². The van der Waals surface area contributed by atoms with Crippen LogP contribution in [0.4, 0.5) is 0 Å². The van der Waals surface area contributed by atoms with Crippen LogP contribution in [0.3, 0.4) is 0 Å². The van der Waals surface area contributed by atoms with Crippen molar-refractivity contribution in [1.82, 2.24) is 5.32 Å². The molecule has 1 aromatic rings. The smallest absolute Gasteiger partial charge is 0.251 e. The number of benzene rings is 1. The Morgan fingerprint density at radius 3 is 2.56 bits per heavy atom. The van der Waals surface area contributed by atoms with Crippen molar-refractivity contribution in [3.8, 4) is 0 Å². The van der Waals surface area contributed by atoms with Gasteiger partial charge < -0.3 is 5.32 Å². The van der Waals surface area contributed by atoms with Gasteiger partial charge in [-0.05, 0) is 36.5 Å². The largest absolute Gasteiger partial charge is 0.349 e. The van der Waals surface area contributed by atoms with Gasteiger partial charge in [-0.3, -0.25) is 4.79 Å². The van der Waals surface area contributed by atoms with E-state index in [9.17, 15) is 4.79 Å². The van der Waals surface area contributed by atoms with Crippen LogP contribution >= 0.6 is 15.9 Å². The van der Waals surface area contributed by atoms with Crippen molar-refractivity contribution >= 4 is 21.8 Å². The number of carbonyl (C=O) groups excluding carboxylic acids is 1. The first kappa shape index (κ1) is 13.6. The van der Waals surface area contributed by atoms with E-state index in [-0.39, 0.29) is 5.91 Å². The number of nitrogens with one attached hydrogen (secondary N) is 1. The number of carbonyl (C=O) groups is 1. The molecule has 2 nitrogen and oxygen atoms in total. The molecule has 0 bridgehead atoms. The number of alkyl halides is 1. The standard InChI is InChI=1S/C15H20BrNO/c1-11-4-2-3-5-14(11)17-15(18)13-8-6-12(10-16)7-9-13/h6-9,11,14H,2-5,10H2,1H3,(H,17,18). The number of hydrogen-bond acceptors (Lipinski definition) is 1. The van der Waals surface area contributed by atoms with Gasteiger partial charge >= 0.3 is 0 Å². The maximum Gasteiger partial charge on any atom is 0.251 e. The monoisotopic (exact) mass is 309 g/mol. The second kappa shape index (κ2) is 6.37. The van der Waals surface area contributed by atoms with Crippen molar-refractivity contribution in [3.05, 3.63) is 35.4 Å². The van der Waals surface area contributed by atoms with Crippen molar-refractivity contribution in [2.45, 2.75) is 44.0 Å². The van der Waals surface area contributed by atoms with Gasteiger partial charge in [0.05, 0.1) is 0 Å². The molecule has 1 aliphatic rings. The average molecular weight is 310 g/mol. The predicted octanol–water partition coefficient (Wildman–Crippen LogP) is 3.89. The van der Waals surface area contributed by atoms with E-state index in [0.717, 1.165) is 17.3 Å². The van der Waals surface area contributed by atoms with Gasteiger partial charge in [0.2, 0.25) is 0 Å². The van der Waals surface area contributed by atoms with E-state index in [0.29, 0.717) is 12.0 Å². The van der Waals surface area contributed by atoms with E-state index in [4.69, 9.17) is 0 Å². The summed E-state index contributed by atoms with van der Waals surface area (Å²) in [7, 11) is 0. The molecule has 1 N–H and O–H groups in total. The molecule has 0 spiro atoms. The van der Waals surface area contributed by atoms with Crippen LogP contribution < -0.4 is 5.32 Å². The maximum atomic E-state index is 12.1. The summed E-state index contributed by atoms with van der Waals surface area (Å²) in [6, 6.07) is 8.14. The summed E-state index contributed by atoms with van der Waals surface area (Å²) in [5.74, 6) is 0.666. The van der Waals surface area contributed by atoms with E-state index in [1.807, 2.05) is 24.3 Å². The lowest BCUT2D eigenvalue weighted by Crippen LogP contribution is -2.41. The Balaban J connectivity index is 1.97. The SMILES string of the molecule is CC1CCCCC1NC(=O)c1ccc(CBr)cc1. The molecule has 0 aromatic heterocycles. The predicted molar refractivity (Wildman–Crippen MR) is 78.0 cm³/mol. The minimum absolute atomic E-state index is 0.0647. The summed E-state index contributed by atoms with van der Waals surface area (Å²) in [6.45, 7) is 2.23. The minimum atomic E-state index is 0.0647. The third-order valence-corrected chi connectivity index (χ3v) is 4.45. The highest BCUT2D eigenvalue weighted by Gasteiger charge is 2.23. The quantitative estimate of drug-likeness (QED) is 0.843. The number of hydrogen-bond donors (Lipinski definition) is 1. The lowest BCUT2D eigenvalue weighted by atomic mass is 9.86. The second-order valence-corrected chi connectivity index (χ2v) is 5.73. The fourth-order valence-electron chi connectivity index (χ4n) is 2.53. The summed E-state index contributed by atoms with van der Waals surface area (Å²) in [5, 5.41) is 4.00. The number of halogens is 1. The molecule has 18 heavy (non-hydrogen) atoms. The Morgan fingerprint density at radius 2 is 1.94 bits per heavy atom. The molecule has 2 atom stereocenters. The molecule has 0 heterocycles. The van der Waals surface area contributed by atoms with Crippen molar-refractivity contribution in [3.63, 3.8) is 0 Å². The zero-order chi connectivity index (χ0) is 13.0. The normalized spacial score (nSPS) is 23.7. The third-order valence-electron chi connectivity index (χ3n) is 3.80. The van der Waals surface area contributed by atoms with Gasteiger partial charge in [-0.2, -0.15) is 0 Å². The van der Waals surface area contributed by atoms with Gasteiger partial charge in [-0.1, -0.05) is 47.8 Å². The number of rotatable bonds is 3. The van der Waals surface area contributed by atoms with Gasteiger partial charge in [0.15, 0.2) is 0 Å². The Bertz CT molecular complexity index is 401. The zero-order valence-electron chi connectivity index (χ0n) is 10.8. The van der Waals surface area contributed by atoms with Crippen LogP contribution in [0.5, 0.6) is 0 Å². The Hall–Kier alpha value is -0.830. The molecular formula is C15H20BrNO. The second-order valence-electron chi connectivity index (χ2n) is 5.17. The fourth-order valence-corrected chi connectivity index (χ4v) is 2.90. The Kier molecular flexibility index (Phi) is 4.81. The highest BCUT2D eigenvalue weighted by atomic mass is 79.9. The highest BCUT2D eigenvalue weighted by molar-refractivity contribution is 9.08. The van der Waals surface area contributed by atoms with E-state index >= 15 is 0 Å². The summed E-state index contributed by atoms with van der Waals surface area (Å²) in [4.78, 5) is 12.1. The molecule has 98 valence electrons. The Labute approximate surface area is 117 Å². The molecule has 0 radical (unpaired) electrons. The molecule has 0 saturated heterocycles. The van der Waals surface area contributed by atoms with Gasteiger partial charge in [-0.25, -0.2) is 0 Å². The molecule has 2 rings (SSSR count). The van der Waals surface area contributed by atoms with Crippen LogP contribution in [0, 0.1) is 5.92 Å². The molecule has 1 amide bonds. The van der Waals surface area contributed by atoms with Crippen LogP contribution in [0.2, 0.25) is 0 Å². The molecule has 0 aliphatic heterocycles. The van der Waals surface area contributed by atoms with Crippen molar-refractivity contribution in [1.29, 1.82) is 0 Å². The summed E-state index contributed by atoms with van der Waals surface area (Å²) in [6.07, 6.45) is 4.88. The van der Waals surface area contributed by atoms with Crippen LogP contribution in [0.1, 0.15) is 48.5 Å². The molecule has 1 saturated carbocycles. The van der Waals surface area contributed by atoms with Gasteiger partial charge in [-0.15, -0.1) is 0 Å². The Morgan fingerprint density at radius 1 is 1.28 bits per heavy atom.